The van der Waals surface area contributed by atoms with Crippen molar-refractivity contribution < 1.29 is 4.74 Å². The Morgan fingerprint density at radius 2 is 1.90 bits per heavy atom. The van der Waals surface area contributed by atoms with Gasteiger partial charge in [0.2, 0.25) is 0 Å². The van der Waals surface area contributed by atoms with Gasteiger partial charge in [0.05, 0.1) is 13.2 Å². The quantitative estimate of drug-likeness (QED) is 0.786. The molecule has 0 atom stereocenters. The highest BCUT2D eigenvalue weighted by molar-refractivity contribution is 5.84. The van der Waals surface area contributed by atoms with E-state index >= 15 is 0 Å². The molecule has 0 spiro atoms. The lowest BCUT2D eigenvalue weighted by molar-refractivity contribution is 0.122. The maximum absolute atomic E-state index is 5.42. The fourth-order valence-corrected chi connectivity index (χ4v) is 3.13. The molecule has 6 heteroatoms. The molecule has 0 N–H and O–H groups in total. The van der Waals surface area contributed by atoms with Crippen LogP contribution in [0.2, 0.25) is 0 Å². The predicted octanol–water partition coefficient (Wildman–Crippen LogP) is 1.39. The van der Waals surface area contributed by atoms with Crippen molar-refractivity contribution in [1.29, 1.82) is 0 Å². The van der Waals surface area contributed by atoms with E-state index in [1.165, 1.54) is 25.1 Å². The number of hydrogen-bond acceptors (Lipinski definition) is 5. The van der Waals surface area contributed by atoms with Gasteiger partial charge in [-0.25, -0.2) is 15.0 Å². The van der Waals surface area contributed by atoms with Crippen molar-refractivity contribution in [3.63, 3.8) is 0 Å². The number of ether oxygens (including phenoxy) is 1. The average Bonchev–Trinajstić information content (AvgIpc) is 2.70. The predicted molar refractivity (Wildman–Crippen MR) is 75.9 cm³/mol. The minimum Gasteiger partial charge on any atom is -0.378 e. The second-order valence-electron chi connectivity index (χ2n) is 5.46. The van der Waals surface area contributed by atoms with E-state index in [0.29, 0.717) is 0 Å². The lowest BCUT2D eigenvalue weighted by atomic mass is 10.2. The molecule has 0 radical (unpaired) electrons. The van der Waals surface area contributed by atoms with Gasteiger partial charge in [0.25, 0.3) is 0 Å². The molecule has 0 amide bonds. The van der Waals surface area contributed by atoms with E-state index in [0.717, 1.165) is 56.3 Å². The molecule has 0 aromatic carbocycles. The van der Waals surface area contributed by atoms with Crippen molar-refractivity contribution in [2.45, 2.75) is 32.2 Å². The summed E-state index contributed by atoms with van der Waals surface area (Å²) in [5.74, 6) is 2.14. The van der Waals surface area contributed by atoms with Crippen LogP contribution >= 0.6 is 0 Å². The van der Waals surface area contributed by atoms with Crippen LogP contribution < -0.4 is 4.90 Å². The van der Waals surface area contributed by atoms with Gasteiger partial charge in [-0.05, 0) is 12.8 Å². The van der Waals surface area contributed by atoms with Gasteiger partial charge in [0, 0.05) is 26.1 Å². The molecule has 2 aromatic heterocycles. The topological polar surface area (TPSA) is 56.1 Å². The van der Waals surface area contributed by atoms with E-state index in [-0.39, 0.29) is 0 Å². The molecule has 2 aliphatic rings. The molecule has 2 aliphatic heterocycles. The molecule has 1 fully saturated rings. The zero-order chi connectivity index (χ0) is 13.4. The largest absolute Gasteiger partial charge is 0.378 e. The Hall–Kier alpha value is -1.69. The molecule has 0 aliphatic carbocycles. The Kier molecular flexibility index (Phi) is 3.03. The third-order valence-corrected chi connectivity index (χ3v) is 4.18. The van der Waals surface area contributed by atoms with Crippen LogP contribution in [0.1, 0.15) is 25.1 Å². The van der Waals surface area contributed by atoms with Crippen molar-refractivity contribution in [2.24, 2.45) is 0 Å². The third-order valence-electron chi connectivity index (χ3n) is 4.18. The van der Waals surface area contributed by atoms with Crippen LogP contribution in [0.5, 0.6) is 0 Å². The Balaban J connectivity index is 1.82. The first-order chi connectivity index (χ1) is 9.93. The number of imidazole rings is 1. The Labute approximate surface area is 117 Å². The van der Waals surface area contributed by atoms with Crippen LogP contribution in [0.4, 0.5) is 5.82 Å². The van der Waals surface area contributed by atoms with Crippen molar-refractivity contribution >= 4 is 17.0 Å². The smallest absolute Gasteiger partial charge is 0.165 e. The highest BCUT2D eigenvalue weighted by Crippen LogP contribution is 2.26. The maximum atomic E-state index is 5.42. The Morgan fingerprint density at radius 1 is 1.00 bits per heavy atom. The monoisotopic (exact) mass is 273 g/mol. The van der Waals surface area contributed by atoms with Gasteiger partial charge >= 0.3 is 0 Å². The van der Waals surface area contributed by atoms with Crippen molar-refractivity contribution in [3.05, 3.63) is 12.2 Å². The van der Waals surface area contributed by atoms with E-state index < -0.39 is 0 Å². The lowest BCUT2D eigenvalue weighted by Crippen LogP contribution is -2.37. The molecule has 2 aromatic rings. The van der Waals surface area contributed by atoms with Gasteiger partial charge in [-0.15, -0.1) is 0 Å². The average molecular weight is 273 g/mol. The summed E-state index contributed by atoms with van der Waals surface area (Å²) in [6.45, 7) is 4.33. The number of aryl methyl sites for hydroxylation is 2. The third kappa shape index (κ3) is 1.95. The van der Waals surface area contributed by atoms with Gasteiger partial charge < -0.3 is 14.2 Å². The number of morpholine rings is 1. The van der Waals surface area contributed by atoms with Crippen LogP contribution in [0.3, 0.4) is 0 Å². The van der Waals surface area contributed by atoms with Crippen LogP contribution in [0.15, 0.2) is 6.33 Å². The first-order valence-corrected chi connectivity index (χ1v) is 7.46. The summed E-state index contributed by atoms with van der Waals surface area (Å²) in [6.07, 6.45) is 6.46. The zero-order valence-corrected chi connectivity index (χ0v) is 11.6. The standard InChI is InChI=1S/C14H19N5O/c1-2-4-11-17-12-13(18-6-8-20-9-7-18)15-10-16-14(12)19(11)5-3-1/h10H,1-9H2. The van der Waals surface area contributed by atoms with Crippen LogP contribution in [0, 0.1) is 0 Å². The number of nitrogens with zero attached hydrogens (tertiary/aromatic N) is 5. The maximum Gasteiger partial charge on any atom is 0.165 e. The number of rotatable bonds is 1. The fraction of sp³-hybridized carbons (Fsp3) is 0.643. The number of fused-ring (bicyclic) bond motifs is 3. The highest BCUT2D eigenvalue weighted by atomic mass is 16.5. The first kappa shape index (κ1) is 12.1. The SMILES string of the molecule is c1nc(N2CCOCC2)c2nc3n(c2n1)CCCCC3. The van der Waals surface area contributed by atoms with Gasteiger partial charge in [-0.2, -0.15) is 0 Å². The van der Waals surface area contributed by atoms with E-state index in [2.05, 4.69) is 19.4 Å². The van der Waals surface area contributed by atoms with Gasteiger partial charge in [-0.1, -0.05) is 6.42 Å². The van der Waals surface area contributed by atoms with Gasteiger partial charge in [-0.3, -0.25) is 0 Å². The fourth-order valence-electron chi connectivity index (χ4n) is 3.13. The Bertz CT molecular complexity index is 617. The van der Waals surface area contributed by atoms with E-state index in [1.54, 1.807) is 6.33 Å². The van der Waals surface area contributed by atoms with Crippen LogP contribution in [-0.2, 0) is 17.7 Å². The normalized spacial score (nSPS) is 19.9. The molecule has 1 saturated heterocycles. The summed E-state index contributed by atoms with van der Waals surface area (Å²) in [4.78, 5) is 16.1. The van der Waals surface area contributed by atoms with Crippen molar-refractivity contribution in [1.82, 2.24) is 19.5 Å². The molecule has 20 heavy (non-hydrogen) atoms. The molecule has 106 valence electrons. The molecule has 6 nitrogen and oxygen atoms in total. The second-order valence-corrected chi connectivity index (χ2v) is 5.46. The van der Waals surface area contributed by atoms with Gasteiger partial charge in [0.1, 0.15) is 12.2 Å². The molecule has 0 bridgehead atoms. The second kappa shape index (κ2) is 5.01. The molecular weight excluding hydrogens is 254 g/mol. The number of anilines is 1. The minimum atomic E-state index is 0.763. The first-order valence-electron chi connectivity index (χ1n) is 7.46. The number of hydrogen-bond donors (Lipinski definition) is 0. The van der Waals surface area contributed by atoms with E-state index in [4.69, 9.17) is 9.72 Å². The van der Waals surface area contributed by atoms with Gasteiger partial charge in [0.15, 0.2) is 17.0 Å². The molecule has 0 saturated carbocycles. The van der Waals surface area contributed by atoms with Crippen molar-refractivity contribution in [2.75, 3.05) is 31.2 Å². The summed E-state index contributed by atoms with van der Waals surface area (Å²) >= 11 is 0. The lowest BCUT2D eigenvalue weighted by Gasteiger charge is -2.27. The summed E-state index contributed by atoms with van der Waals surface area (Å²) in [7, 11) is 0. The van der Waals surface area contributed by atoms with E-state index in [9.17, 15) is 0 Å². The molecule has 0 unspecified atom stereocenters. The molecule has 4 heterocycles. The van der Waals surface area contributed by atoms with Crippen molar-refractivity contribution in [3.8, 4) is 0 Å². The summed E-state index contributed by atoms with van der Waals surface area (Å²) in [6, 6.07) is 0. The summed E-state index contributed by atoms with van der Waals surface area (Å²) < 4.78 is 7.71. The highest BCUT2D eigenvalue weighted by Gasteiger charge is 2.21. The summed E-state index contributed by atoms with van der Waals surface area (Å²) in [5, 5.41) is 0. The van der Waals surface area contributed by atoms with Crippen LogP contribution in [0.25, 0.3) is 11.2 Å². The van der Waals surface area contributed by atoms with Crippen LogP contribution in [-0.4, -0.2) is 45.8 Å². The van der Waals surface area contributed by atoms with E-state index in [1.807, 2.05) is 0 Å². The minimum absolute atomic E-state index is 0.763. The zero-order valence-electron chi connectivity index (χ0n) is 11.6. The Morgan fingerprint density at radius 3 is 2.80 bits per heavy atom. The number of aromatic nitrogens is 4. The summed E-state index contributed by atoms with van der Waals surface area (Å²) in [5.41, 5.74) is 1.96. The molecule has 4 rings (SSSR count). The molecular formula is C14H19N5O.